The van der Waals surface area contributed by atoms with Gasteiger partial charge in [0.15, 0.2) is 6.23 Å². The van der Waals surface area contributed by atoms with Crippen molar-refractivity contribution in [1.29, 1.82) is 0 Å². The molecule has 0 amide bonds. The molecule has 0 unspecified atom stereocenters. The molecule has 1 N–H and O–H groups in total. The highest BCUT2D eigenvalue weighted by Crippen LogP contribution is 2.43. The van der Waals surface area contributed by atoms with Gasteiger partial charge in [-0.2, -0.15) is 0 Å². The van der Waals surface area contributed by atoms with Crippen LogP contribution in [0.2, 0.25) is 5.02 Å². The summed E-state index contributed by atoms with van der Waals surface area (Å²) in [5.41, 5.74) is 3.31. The lowest BCUT2D eigenvalue weighted by Gasteiger charge is -2.35. The summed E-state index contributed by atoms with van der Waals surface area (Å²) in [6.45, 7) is 0. The van der Waals surface area contributed by atoms with E-state index < -0.39 is 0 Å². The summed E-state index contributed by atoms with van der Waals surface area (Å²) in [5.74, 6) is 1.74. The third kappa shape index (κ3) is 3.33. The first kappa shape index (κ1) is 18.0. The maximum atomic E-state index is 6.50. The molecule has 2 atom stereocenters. The Morgan fingerprint density at radius 1 is 0.828 bits per heavy atom. The lowest BCUT2D eigenvalue weighted by molar-refractivity contribution is 0.135. The molecule has 3 nitrogen and oxygen atoms in total. The van der Waals surface area contributed by atoms with E-state index in [2.05, 4.69) is 41.7 Å². The van der Waals surface area contributed by atoms with E-state index in [0.29, 0.717) is 0 Å². The Balaban J connectivity index is 1.64. The van der Waals surface area contributed by atoms with Crippen LogP contribution in [0.3, 0.4) is 0 Å². The SMILES string of the molecule is COc1ccc([C@@H]2N[C@H](c3ccc(Cl)cc3)c3ccc4ccccc4c3O2)cc1. The van der Waals surface area contributed by atoms with Crippen LogP contribution in [-0.2, 0) is 0 Å². The summed E-state index contributed by atoms with van der Waals surface area (Å²) >= 11 is 6.13. The molecule has 0 fully saturated rings. The van der Waals surface area contributed by atoms with Crippen molar-refractivity contribution in [3.63, 3.8) is 0 Å². The van der Waals surface area contributed by atoms with Crippen LogP contribution in [-0.4, -0.2) is 7.11 Å². The Labute approximate surface area is 174 Å². The van der Waals surface area contributed by atoms with Crippen molar-refractivity contribution in [2.45, 2.75) is 12.3 Å². The lowest BCUT2D eigenvalue weighted by atomic mass is 9.93. The second kappa shape index (κ2) is 7.43. The molecule has 1 heterocycles. The molecule has 4 heteroatoms. The van der Waals surface area contributed by atoms with Crippen LogP contribution in [0.25, 0.3) is 10.8 Å². The molecule has 0 aliphatic carbocycles. The summed E-state index contributed by atoms with van der Waals surface area (Å²) in [5, 5.41) is 6.66. The van der Waals surface area contributed by atoms with Crippen LogP contribution in [0.15, 0.2) is 84.9 Å². The number of fused-ring (bicyclic) bond motifs is 3. The third-order valence-electron chi connectivity index (χ3n) is 5.40. The second-order valence-corrected chi connectivity index (χ2v) is 7.56. The van der Waals surface area contributed by atoms with Gasteiger partial charge in [-0.15, -0.1) is 0 Å². The number of ether oxygens (including phenoxy) is 2. The zero-order chi connectivity index (χ0) is 19.8. The van der Waals surface area contributed by atoms with E-state index >= 15 is 0 Å². The summed E-state index contributed by atoms with van der Waals surface area (Å²) in [7, 11) is 1.67. The molecule has 1 aliphatic rings. The van der Waals surface area contributed by atoms with E-state index in [-0.39, 0.29) is 12.3 Å². The number of halogens is 1. The standard InChI is InChI=1S/C25H20ClNO2/c1-28-20-13-8-18(9-14-20)25-27-23(17-6-11-19(26)12-7-17)22-15-10-16-4-2-3-5-21(16)24(22)29-25/h2-15,23,25,27H,1H3/t23-,25-/m1/s1. The molecule has 0 saturated heterocycles. The summed E-state index contributed by atoms with van der Waals surface area (Å²) in [4.78, 5) is 0. The molecule has 0 radical (unpaired) electrons. The smallest absolute Gasteiger partial charge is 0.177 e. The van der Waals surface area contributed by atoms with Crippen molar-refractivity contribution < 1.29 is 9.47 Å². The topological polar surface area (TPSA) is 30.5 Å². The van der Waals surface area contributed by atoms with Gasteiger partial charge in [-0.25, -0.2) is 0 Å². The van der Waals surface area contributed by atoms with Gasteiger partial charge >= 0.3 is 0 Å². The number of hydrogen-bond acceptors (Lipinski definition) is 3. The van der Waals surface area contributed by atoms with Crippen LogP contribution in [0, 0.1) is 0 Å². The number of nitrogens with one attached hydrogen (secondary N) is 1. The predicted octanol–water partition coefficient (Wildman–Crippen LogP) is 6.27. The first-order valence-electron chi connectivity index (χ1n) is 9.57. The Hall–Kier alpha value is -3.01. The molecule has 144 valence electrons. The van der Waals surface area contributed by atoms with E-state index in [1.165, 1.54) is 0 Å². The largest absolute Gasteiger partial charge is 0.497 e. The van der Waals surface area contributed by atoms with Crippen LogP contribution in [0.5, 0.6) is 11.5 Å². The van der Waals surface area contributed by atoms with Crippen molar-refractivity contribution in [1.82, 2.24) is 5.32 Å². The van der Waals surface area contributed by atoms with Crippen molar-refractivity contribution in [3.8, 4) is 11.5 Å². The van der Waals surface area contributed by atoms with Crippen LogP contribution >= 0.6 is 11.6 Å². The van der Waals surface area contributed by atoms with E-state index in [1.54, 1.807) is 7.11 Å². The molecule has 0 spiro atoms. The zero-order valence-corrected chi connectivity index (χ0v) is 16.7. The molecule has 0 bridgehead atoms. The fraction of sp³-hybridized carbons (Fsp3) is 0.120. The van der Waals surface area contributed by atoms with Gasteiger partial charge in [0.05, 0.1) is 13.2 Å². The average molecular weight is 402 g/mol. The molecule has 4 aromatic rings. The van der Waals surface area contributed by atoms with E-state index in [1.807, 2.05) is 48.5 Å². The van der Waals surface area contributed by atoms with Gasteiger partial charge in [0.25, 0.3) is 0 Å². The predicted molar refractivity (Wildman–Crippen MR) is 117 cm³/mol. The van der Waals surface area contributed by atoms with Gasteiger partial charge in [0, 0.05) is 21.5 Å². The normalized spacial score (nSPS) is 18.1. The Bertz CT molecular complexity index is 1160. The summed E-state index contributed by atoms with van der Waals surface area (Å²) in [6.07, 6.45) is -0.278. The second-order valence-electron chi connectivity index (χ2n) is 7.13. The van der Waals surface area contributed by atoms with Gasteiger partial charge < -0.3 is 9.47 Å². The first-order valence-corrected chi connectivity index (χ1v) is 9.94. The minimum atomic E-state index is -0.278. The minimum Gasteiger partial charge on any atom is -0.497 e. The third-order valence-corrected chi connectivity index (χ3v) is 5.65. The lowest BCUT2D eigenvalue weighted by Crippen LogP contribution is -2.35. The van der Waals surface area contributed by atoms with Crippen LogP contribution in [0.4, 0.5) is 0 Å². The van der Waals surface area contributed by atoms with Gasteiger partial charge in [-0.05, 0) is 35.2 Å². The molecular formula is C25H20ClNO2. The average Bonchev–Trinajstić information content (AvgIpc) is 2.79. The molecular weight excluding hydrogens is 382 g/mol. The highest BCUT2D eigenvalue weighted by Gasteiger charge is 2.30. The van der Waals surface area contributed by atoms with Crippen LogP contribution in [0.1, 0.15) is 29.0 Å². The number of methoxy groups -OCH3 is 1. The molecule has 29 heavy (non-hydrogen) atoms. The summed E-state index contributed by atoms with van der Waals surface area (Å²) in [6, 6.07) is 28.6. The van der Waals surface area contributed by atoms with E-state index in [0.717, 1.165) is 44.0 Å². The van der Waals surface area contributed by atoms with Crippen molar-refractivity contribution in [3.05, 3.63) is 107 Å². The monoisotopic (exact) mass is 401 g/mol. The van der Waals surface area contributed by atoms with Crippen LogP contribution < -0.4 is 14.8 Å². The van der Waals surface area contributed by atoms with Gasteiger partial charge in [0.2, 0.25) is 0 Å². The Kier molecular flexibility index (Phi) is 4.62. The quantitative estimate of drug-likeness (QED) is 0.438. The van der Waals surface area contributed by atoms with Crippen molar-refractivity contribution in [2.24, 2.45) is 0 Å². The van der Waals surface area contributed by atoms with Crippen molar-refractivity contribution >= 4 is 22.4 Å². The van der Waals surface area contributed by atoms with Gasteiger partial charge in [-0.3, -0.25) is 5.32 Å². The molecule has 1 aliphatic heterocycles. The fourth-order valence-corrected chi connectivity index (χ4v) is 4.01. The maximum absolute atomic E-state index is 6.50. The minimum absolute atomic E-state index is 0.00674. The number of rotatable bonds is 3. The highest BCUT2D eigenvalue weighted by atomic mass is 35.5. The molecule has 0 saturated carbocycles. The zero-order valence-electron chi connectivity index (χ0n) is 15.9. The Morgan fingerprint density at radius 2 is 1.55 bits per heavy atom. The van der Waals surface area contributed by atoms with E-state index in [4.69, 9.17) is 21.1 Å². The maximum Gasteiger partial charge on any atom is 0.177 e. The fourth-order valence-electron chi connectivity index (χ4n) is 3.89. The van der Waals surface area contributed by atoms with Gasteiger partial charge in [-0.1, -0.05) is 72.3 Å². The Morgan fingerprint density at radius 3 is 2.31 bits per heavy atom. The molecule has 5 rings (SSSR count). The van der Waals surface area contributed by atoms with Gasteiger partial charge in [0.1, 0.15) is 11.5 Å². The number of benzene rings is 4. The molecule has 4 aromatic carbocycles. The first-order chi connectivity index (χ1) is 14.2. The van der Waals surface area contributed by atoms with Crippen molar-refractivity contribution in [2.75, 3.05) is 7.11 Å². The highest BCUT2D eigenvalue weighted by molar-refractivity contribution is 6.30. The molecule has 0 aromatic heterocycles. The van der Waals surface area contributed by atoms with E-state index in [9.17, 15) is 0 Å². The number of hydrogen-bond donors (Lipinski definition) is 1. The summed E-state index contributed by atoms with van der Waals surface area (Å²) < 4.78 is 11.8.